The topological polar surface area (TPSA) is 87.8 Å². The molecule has 0 fully saturated rings. The van der Waals surface area contributed by atoms with Crippen molar-refractivity contribution in [1.82, 2.24) is 9.55 Å². The van der Waals surface area contributed by atoms with Gasteiger partial charge in [-0.2, -0.15) is 5.26 Å². The van der Waals surface area contributed by atoms with E-state index >= 15 is 0 Å². The number of nitrogens with one attached hydrogen (secondary N) is 1. The van der Waals surface area contributed by atoms with Gasteiger partial charge in [0.2, 0.25) is 5.91 Å². The minimum Gasteiger partial charge on any atom is -0.326 e. The van der Waals surface area contributed by atoms with Crippen molar-refractivity contribution in [3.8, 4) is 17.2 Å². The second-order valence-corrected chi connectivity index (χ2v) is 11.1. The van der Waals surface area contributed by atoms with Gasteiger partial charge in [-0.15, -0.1) is 0 Å². The summed E-state index contributed by atoms with van der Waals surface area (Å²) in [6.45, 7) is 6.77. The highest BCUT2D eigenvalue weighted by molar-refractivity contribution is 6.30. The monoisotopic (exact) mass is 554 g/mol. The first kappa shape index (κ1) is 29.0. The number of imidazole rings is 1. The lowest BCUT2D eigenvalue weighted by molar-refractivity contribution is -0.119. The molecular weight excluding hydrogens is 520 g/mol. The predicted octanol–water partition coefficient (Wildman–Crippen LogP) is 7.95. The summed E-state index contributed by atoms with van der Waals surface area (Å²) in [5, 5.41) is 13.1. The van der Waals surface area contributed by atoms with Crippen molar-refractivity contribution in [2.24, 2.45) is 5.41 Å². The number of aromatic nitrogens is 2. The number of rotatable bonds is 12. The Kier molecular flexibility index (Phi) is 9.39. The second-order valence-electron chi connectivity index (χ2n) is 10.7. The minimum atomic E-state index is -0.350. The fraction of sp³-hybridized carbons (Fsp3) is 0.333. The van der Waals surface area contributed by atoms with Crippen molar-refractivity contribution < 1.29 is 9.59 Å². The first-order valence-corrected chi connectivity index (χ1v) is 14.2. The Morgan fingerprint density at radius 3 is 2.58 bits per heavy atom. The van der Waals surface area contributed by atoms with Crippen LogP contribution in [0.2, 0.25) is 5.02 Å². The van der Waals surface area contributed by atoms with Gasteiger partial charge in [0.1, 0.15) is 12.1 Å². The lowest BCUT2D eigenvalue weighted by Gasteiger charge is -2.24. The minimum absolute atomic E-state index is 0.0997. The highest BCUT2D eigenvalue weighted by Crippen LogP contribution is 2.31. The maximum Gasteiger partial charge on any atom is 0.224 e. The molecule has 1 unspecified atom stereocenters. The number of nitriles is 1. The number of unbranched alkanes of at least 4 members (excludes halogenated alkanes) is 1. The van der Waals surface area contributed by atoms with E-state index < -0.39 is 0 Å². The van der Waals surface area contributed by atoms with Crippen molar-refractivity contribution >= 4 is 40.5 Å². The zero-order chi connectivity index (χ0) is 28.7. The molecule has 1 amide bonds. The maximum atomic E-state index is 12.9. The van der Waals surface area contributed by atoms with E-state index in [2.05, 4.69) is 35.0 Å². The molecule has 1 aromatic heterocycles. The summed E-state index contributed by atoms with van der Waals surface area (Å²) in [7, 11) is 0. The number of aldehydes is 1. The summed E-state index contributed by atoms with van der Waals surface area (Å²) in [4.78, 5) is 28.9. The molecule has 0 aliphatic heterocycles. The molecule has 0 radical (unpaired) electrons. The summed E-state index contributed by atoms with van der Waals surface area (Å²) in [5.74, 6) is 0.913. The molecule has 0 saturated carbocycles. The van der Waals surface area contributed by atoms with E-state index in [-0.39, 0.29) is 17.7 Å². The van der Waals surface area contributed by atoms with Gasteiger partial charge in [0.15, 0.2) is 0 Å². The first-order chi connectivity index (χ1) is 19.3. The first-order valence-electron chi connectivity index (χ1n) is 13.8. The van der Waals surface area contributed by atoms with E-state index in [1.165, 1.54) is 0 Å². The van der Waals surface area contributed by atoms with Crippen molar-refractivity contribution in [3.63, 3.8) is 0 Å². The van der Waals surface area contributed by atoms with E-state index in [0.29, 0.717) is 29.2 Å². The highest BCUT2D eigenvalue weighted by atomic mass is 35.5. The average Bonchev–Trinajstić information content (AvgIpc) is 3.28. The van der Waals surface area contributed by atoms with Gasteiger partial charge >= 0.3 is 0 Å². The van der Waals surface area contributed by atoms with Crippen LogP contribution in [-0.2, 0) is 22.6 Å². The van der Waals surface area contributed by atoms with Crippen molar-refractivity contribution in [1.29, 1.82) is 5.26 Å². The molecule has 40 heavy (non-hydrogen) atoms. The summed E-state index contributed by atoms with van der Waals surface area (Å²) < 4.78 is 2.22. The van der Waals surface area contributed by atoms with Crippen LogP contribution in [0.1, 0.15) is 69.8 Å². The molecular formula is C33H35ClN4O2. The number of amides is 1. The highest BCUT2D eigenvalue weighted by Gasteiger charge is 2.25. The average molecular weight is 555 g/mol. The fourth-order valence-corrected chi connectivity index (χ4v) is 5.09. The quantitative estimate of drug-likeness (QED) is 0.180. The Bertz CT molecular complexity index is 1550. The third-order valence-electron chi connectivity index (χ3n) is 7.59. The molecule has 6 nitrogen and oxygen atoms in total. The molecule has 0 bridgehead atoms. The molecule has 1 N–H and O–H groups in total. The van der Waals surface area contributed by atoms with Gasteiger partial charge in [-0.25, -0.2) is 4.98 Å². The molecule has 0 aliphatic rings. The van der Waals surface area contributed by atoms with E-state index in [1.54, 1.807) is 12.1 Å². The summed E-state index contributed by atoms with van der Waals surface area (Å²) >= 11 is 6.08. The van der Waals surface area contributed by atoms with Crippen LogP contribution in [-0.4, -0.2) is 21.7 Å². The summed E-state index contributed by atoms with van der Waals surface area (Å²) in [6.07, 6.45) is 5.25. The lowest BCUT2D eigenvalue weighted by atomic mass is 9.81. The Hall–Kier alpha value is -3.95. The number of halogens is 1. The van der Waals surface area contributed by atoms with Gasteiger partial charge in [-0.3, -0.25) is 4.79 Å². The van der Waals surface area contributed by atoms with Gasteiger partial charge in [0, 0.05) is 36.5 Å². The number of carbonyl (C=O) groups is 2. The fourth-order valence-electron chi connectivity index (χ4n) is 4.92. The molecule has 4 rings (SSSR count). The van der Waals surface area contributed by atoms with Gasteiger partial charge in [-0.05, 0) is 65.3 Å². The summed E-state index contributed by atoms with van der Waals surface area (Å²) in [5.41, 5.74) is 5.67. The van der Waals surface area contributed by atoms with Crippen LogP contribution in [0.15, 0.2) is 60.7 Å². The number of carbonyl (C=O) groups excluding carboxylic acids is 2. The molecule has 7 heteroatoms. The molecule has 4 aromatic rings. The van der Waals surface area contributed by atoms with Crippen LogP contribution in [0.5, 0.6) is 0 Å². The third kappa shape index (κ3) is 6.78. The van der Waals surface area contributed by atoms with E-state index in [0.717, 1.165) is 65.5 Å². The lowest BCUT2D eigenvalue weighted by Crippen LogP contribution is -2.24. The Morgan fingerprint density at radius 2 is 1.90 bits per heavy atom. The molecule has 1 heterocycles. The predicted molar refractivity (Wildman–Crippen MR) is 161 cm³/mol. The van der Waals surface area contributed by atoms with Gasteiger partial charge < -0.3 is 14.7 Å². The largest absolute Gasteiger partial charge is 0.326 e. The van der Waals surface area contributed by atoms with Crippen LogP contribution in [0, 0.1) is 16.7 Å². The summed E-state index contributed by atoms with van der Waals surface area (Å²) in [6, 6.07) is 21.6. The molecule has 0 spiro atoms. The van der Waals surface area contributed by atoms with E-state index in [1.807, 2.05) is 50.2 Å². The van der Waals surface area contributed by atoms with Crippen molar-refractivity contribution in [3.05, 3.63) is 82.6 Å². The maximum absolute atomic E-state index is 12.9. The SMILES string of the molecule is CCCCc1nc2ccc(NC(=O)CC(C)(CC)CC=O)cc2n1Cc1ccc(-c2ccc(Cl)cc2C#N)cc1. The smallest absolute Gasteiger partial charge is 0.224 e. The number of benzene rings is 3. The zero-order valence-electron chi connectivity index (χ0n) is 23.3. The zero-order valence-corrected chi connectivity index (χ0v) is 24.1. The van der Waals surface area contributed by atoms with Crippen LogP contribution >= 0.6 is 11.6 Å². The number of hydrogen-bond donors (Lipinski definition) is 1. The number of hydrogen-bond acceptors (Lipinski definition) is 4. The Labute approximate surface area is 241 Å². The number of aryl methyl sites for hydroxylation is 1. The second kappa shape index (κ2) is 12.9. The molecule has 0 aliphatic carbocycles. The van der Waals surface area contributed by atoms with Crippen molar-refractivity contribution in [2.45, 2.75) is 65.8 Å². The van der Waals surface area contributed by atoms with Crippen LogP contribution in [0.3, 0.4) is 0 Å². The van der Waals surface area contributed by atoms with Crippen LogP contribution in [0.25, 0.3) is 22.2 Å². The third-order valence-corrected chi connectivity index (χ3v) is 7.82. The van der Waals surface area contributed by atoms with Gasteiger partial charge in [-0.1, -0.05) is 69.1 Å². The number of anilines is 1. The number of fused-ring (bicyclic) bond motifs is 1. The Balaban J connectivity index is 1.62. The van der Waals surface area contributed by atoms with E-state index in [9.17, 15) is 14.9 Å². The molecule has 206 valence electrons. The number of nitrogens with zero attached hydrogens (tertiary/aromatic N) is 3. The van der Waals surface area contributed by atoms with Gasteiger partial charge in [0.25, 0.3) is 0 Å². The molecule has 3 aromatic carbocycles. The van der Waals surface area contributed by atoms with Crippen molar-refractivity contribution in [2.75, 3.05) is 5.32 Å². The van der Waals surface area contributed by atoms with Crippen LogP contribution in [0.4, 0.5) is 5.69 Å². The molecule has 1 atom stereocenters. The van der Waals surface area contributed by atoms with E-state index in [4.69, 9.17) is 16.6 Å². The van der Waals surface area contributed by atoms with Crippen LogP contribution < -0.4 is 5.32 Å². The molecule has 0 saturated heterocycles. The standard InChI is InChI=1S/C33H35ClN4O2/c1-4-6-7-31-37-29-15-13-27(36-32(40)20-33(3,5-2)16-17-39)19-30(29)38(31)22-23-8-10-24(11-9-23)28-14-12-26(34)18-25(28)21-35/h8-15,17-19H,4-7,16,20,22H2,1-3H3,(H,36,40). The Morgan fingerprint density at radius 1 is 1.12 bits per heavy atom. The van der Waals surface area contributed by atoms with Gasteiger partial charge in [0.05, 0.1) is 22.7 Å². The normalized spacial score (nSPS) is 12.6.